The second-order valence-corrected chi connectivity index (χ2v) is 5.08. The van der Waals surface area contributed by atoms with E-state index < -0.39 is 5.41 Å². The van der Waals surface area contributed by atoms with Crippen molar-refractivity contribution in [1.82, 2.24) is 5.32 Å². The van der Waals surface area contributed by atoms with Gasteiger partial charge in [-0.1, -0.05) is 13.8 Å². The van der Waals surface area contributed by atoms with Gasteiger partial charge in [-0.05, 0) is 26.2 Å². The summed E-state index contributed by atoms with van der Waals surface area (Å²) in [6.07, 6.45) is 2.62. The number of ether oxygens (including phenoxy) is 1. The molecule has 0 aromatic carbocycles. The Morgan fingerprint density at radius 2 is 2.18 bits per heavy atom. The van der Waals surface area contributed by atoms with Gasteiger partial charge in [0.1, 0.15) is 0 Å². The Labute approximate surface area is 104 Å². The highest BCUT2D eigenvalue weighted by Crippen LogP contribution is 2.26. The molecule has 0 aliphatic carbocycles. The highest BCUT2D eigenvalue weighted by Gasteiger charge is 2.35. The van der Waals surface area contributed by atoms with Crippen molar-refractivity contribution < 1.29 is 9.53 Å². The Morgan fingerprint density at radius 3 is 2.59 bits per heavy atom. The summed E-state index contributed by atoms with van der Waals surface area (Å²) < 4.78 is 5.35. The van der Waals surface area contributed by atoms with Gasteiger partial charge in [-0.25, -0.2) is 0 Å². The first-order chi connectivity index (χ1) is 8.09. The molecule has 2 unspecified atom stereocenters. The summed E-state index contributed by atoms with van der Waals surface area (Å²) >= 11 is 0. The van der Waals surface area contributed by atoms with E-state index in [1.54, 1.807) is 0 Å². The third-order valence-electron chi connectivity index (χ3n) is 4.26. The molecule has 4 heteroatoms. The molecule has 100 valence electrons. The normalized spacial score (nSPS) is 22.5. The number of nitrogens with two attached hydrogens (primary N) is 1. The molecule has 1 aliphatic rings. The average Bonchev–Trinajstić information content (AvgIpc) is 2.85. The van der Waals surface area contributed by atoms with Crippen molar-refractivity contribution in [3.63, 3.8) is 0 Å². The predicted molar refractivity (Wildman–Crippen MR) is 68.6 cm³/mol. The molecule has 17 heavy (non-hydrogen) atoms. The number of rotatable bonds is 6. The van der Waals surface area contributed by atoms with Crippen LogP contribution in [0, 0.1) is 11.3 Å². The molecule has 4 nitrogen and oxygen atoms in total. The average molecular weight is 242 g/mol. The maximum Gasteiger partial charge on any atom is 0.227 e. The summed E-state index contributed by atoms with van der Waals surface area (Å²) in [5, 5.41) is 3.12. The van der Waals surface area contributed by atoms with E-state index in [4.69, 9.17) is 10.5 Å². The van der Waals surface area contributed by atoms with Crippen LogP contribution < -0.4 is 11.1 Å². The van der Waals surface area contributed by atoms with Crippen LogP contribution in [0.3, 0.4) is 0 Å². The zero-order valence-corrected chi connectivity index (χ0v) is 11.3. The van der Waals surface area contributed by atoms with Crippen molar-refractivity contribution in [3.05, 3.63) is 0 Å². The second-order valence-electron chi connectivity index (χ2n) is 5.08. The third kappa shape index (κ3) is 3.19. The zero-order chi connectivity index (χ0) is 12.9. The maximum atomic E-state index is 12.3. The summed E-state index contributed by atoms with van der Waals surface area (Å²) in [4.78, 5) is 12.3. The number of amides is 1. The van der Waals surface area contributed by atoms with Crippen molar-refractivity contribution in [3.8, 4) is 0 Å². The van der Waals surface area contributed by atoms with Gasteiger partial charge >= 0.3 is 0 Å². The quantitative estimate of drug-likeness (QED) is 0.737. The molecule has 1 heterocycles. The van der Waals surface area contributed by atoms with E-state index in [9.17, 15) is 4.79 Å². The van der Waals surface area contributed by atoms with Gasteiger partial charge in [0.2, 0.25) is 5.91 Å². The summed E-state index contributed by atoms with van der Waals surface area (Å²) in [7, 11) is 0. The molecule has 1 amide bonds. The Morgan fingerprint density at radius 1 is 1.53 bits per heavy atom. The molecule has 0 saturated carbocycles. The maximum absolute atomic E-state index is 12.3. The van der Waals surface area contributed by atoms with Crippen LogP contribution >= 0.6 is 0 Å². The minimum Gasteiger partial charge on any atom is -0.381 e. The number of nitrogens with one attached hydrogen (secondary N) is 1. The second kappa shape index (κ2) is 6.36. The summed E-state index contributed by atoms with van der Waals surface area (Å²) in [6, 6.07) is 0.175. The lowest BCUT2D eigenvalue weighted by atomic mass is 9.81. The molecule has 0 radical (unpaired) electrons. The van der Waals surface area contributed by atoms with Crippen molar-refractivity contribution in [2.45, 2.75) is 46.1 Å². The van der Waals surface area contributed by atoms with E-state index in [1.165, 1.54) is 0 Å². The zero-order valence-electron chi connectivity index (χ0n) is 11.3. The largest absolute Gasteiger partial charge is 0.381 e. The molecule has 0 aromatic rings. The Bertz CT molecular complexity index is 238. The van der Waals surface area contributed by atoms with E-state index in [0.29, 0.717) is 12.5 Å². The molecular weight excluding hydrogens is 216 g/mol. The smallest absolute Gasteiger partial charge is 0.227 e. The molecule has 1 rings (SSSR count). The van der Waals surface area contributed by atoms with Gasteiger partial charge in [-0.2, -0.15) is 0 Å². The summed E-state index contributed by atoms with van der Waals surface area (Å²) in [5.74, 6) is 0.549. The van der Waals surface area contributed by atoms with E-state index in [-0.39, 0.29) is 11.9 Å². The van der Waals surface area contributed by atoms with Crippen LogP contribution in [-0.2, 0) is 9.53 Å². The van der Waals surface area contributed by atoms with Gasteiger partial charge < -0.3 is 15.8 Å². The first-order valence-electron chi connectivity index (χ1n) is 6.68. The van der Waals surface area contributed by atoms with Crippen LogP contribution in [0.4, 0.5) is 0 Å². The molecule has 0 aromatic heterocycles. The van der Waals surface area contributed by atoms with Gasteiger partial charge in [0.15, 0.2) is 0 Å². The SMILES string of the molecule is CCC(CC)(CN)C(=O)NC(C)C1CCOC1. The lowest BCUT2D eigenvalue weighted by Crippen LogP contribution is -2.50. The molecular formula is C13H26N2O2. The highest BCUT2D eigenvalue weighted by atomic mass is 16.5. The molecule has 0 bridgehead atoms. The van der Waals surface area contributed by atoms with Crippen LogP contribution in [0.15, 0.2) is 0 Å². The standard InChI is InChI=1S/C13H26N2O2/c1-4-13(5-2,9-14)12(16)15-10(3)11-6-7-17-8-11/h10-11H,4-9,14H2,1-3H3,(H,15,16). The fourth-order valence-electron chi connectivity index (χ4n) is 2.38. The van der Waals surface area contributed by atoms with Crippen molar-refractivity contribution in [2.75, 3.05) is 19.8 Å². The van der Waals surface area contributed by atoms with Gasteiger partial charge in [0, 0.05) is 25.1 Å². The third-order valence-corrected chi connectivity index (χ3v) is 4.26. The lowest BCUT2D eigenvalue weighted by Gasteiger charge is -2.31. The minimum atomic E-state index is -0.395. The lowest BCUT2D eigenvalue weighted by molar-refractivity contribution is -0.132. The minimum absolute atomic E-state index is 0.101. The van der Waals surface area contributed by atoms with Gasteiger partial charge in [-0.3, -0.25) is 4.79 Å². The fourth-order valence-corrected chi connectivity index (χ4v) is 2.38. The van der Waals surface area contributed by atoms with Crippen molar-refractivity contribution >= 4 is 5.91 Å². The van der Waals surface area contributed by atoms with Crippen LogP contribution in [0.1, 0.15) is 40.0 Å². The van der Waals surface area contributed by atoms with E-state index in [2.05, 4.69) is 12.2 Å². The first-order valence-corrected chi connectivity index (χ1v) is 6.68. The van der Waals surface area contributed by atoms with Crippen LogP contribution in [0.2, 0.25) is 0 Å². The molecule has 1 saturated heterocycles. The van der Waals surface area contributed by atoms with Crippen LogP contribution in [0.25, 0.3) is 0 Å². The molecule has 2 atom stereocenters. The van der Waals surface area contributed by atoms with Gasteiger partial charge in [0.05, 0.1) is 12.0 Å². The summed E-state index contributed by atoms with van der Waals surface area (Å²) in [6.45, 7) is 8.10. The summed E-state index contributed by atoms with van der Waals surface area (Å²) in [5.41, 5.74) is 5.38. The predicted octanol–water partition coefficient (Wildman–Crippen LogP) is 1.29. The number of carbonyl (C=O) groups excluding carboxylic acids is 1. The monoisotopic (exact) mass is 242 g/mol. The van der Waals surface area contributed by atoms with Gasteiger partial charge in [-0.15, -0.1) is 0 Å². The number of hydrogen-bond donors (Lipinski definition) is 2. The molecule has 0 spiro atoms. The fraction of sp³-hybridized carbons (Fsp3) is 0.923. The Kier molecular flexibility index (Phi) is 5.40. The molecule has 1 aliphatic heterocycles. The topological polar surface area (TPSA) is 64.4 Å². The Balaban J connectivity index is 2.56. The molecule has 3 N–H and O–H groups in total. The van der Waals surface area contributed by atoms with Crippen LogP contribution in [-0.4, -0.2) is 31.7 Å². The van der Waals surface area contributed by atoms with Crippen molar-refractivity contribution in [1.29, 1.82) is 0 Å². The van der Waals surface area contributed by atoms with E-state index >= 15 is 0 Å². The Hall–Kier alpha value is -0.610. The number of carbonyl (C=O) groups is 1. The van der Waals surface area contributed by atoms with E-state index in [0.717, 1.165) is 32.5 Å². The van der Waals surface area contributed by atoms with Gasteiger partial charge in [0.25, 0.3) is 0 Å². The molecule has 1 fully saturated rings. The highest BCUT2D eigenvalue weighted by molar-refractivity contribution is 5.83. The first kappa shape index (κ1) is 14.5. The number of hydrogen-bond acceptors (Lipinski definition) is 3. The van der Waals surface area contributed by atoms with E-state index in [1.807, 2.05) is 13.8 Å². The van der Waals surface area contributed by atoms with Crippen molar-refractivity contribution in [2.24, 2.45) is 17.1 Å². The van der Waals surface area contributed by atoms with Crippen LogP contribution in [0.5, 0.6) is 0 Å².